The molecule has 1 amide bonds. The average Bonchev–Trinajstić information content (AvgIpc) is 3.25. The number of nitrogens with one attached hydrogen (secondary N) is 1. The summed E-state index contributed by atoms with van der Waals surface area (Å²) in [7, 11) is 0. The van der Waals surface area contributed by atoms with Gasteiger partial charge in [-0.15, -0.1) is 10.2 Å². The number of carbonyl (C=O) groups is 1. The molecule has 0 aliphatic heterocycles. The van der Waals surface area contributed by atoms with Crippen molar-refractivity contribution in [2.24, 2.45) is 5.10 Å². The number of rotatable bonds is 7. The third kappa shape index (κ3) is 5.75. The van der Waals surface area contributed by atoms with E-state index in [1.807, 2.05) is 47.0 Å². The number of nitrogens with zero attached hydrogens (tertiary/aromatic N) is 4. The summed E-state index contributed by atoms with van der Waals surface area (Å²) in [5.74, 6) is 0.436. The minimum absolute atomic E-state index is 0.0895. The van der Waals surface area contributed by atoms with Crippen molar-refractivity contribution >= 4 is 58.7 Å². The molecular weight excluding hydrogens is 501 g/mol. The van der Waals surface area contributed by atoms with Crippen molar-refractivity contribution < 1.29 is 4.79 Å². The number of amides is 1. The summed E-state index contributed by atoms with van der Waals surface area (Å²) in [4.78, 5) is 12.3. The number of hydrazone groups is 1. The van der Waals surface area contributed by atoms with Gasteiger partial charge in [-0.2, -0.15) is 5.10 Å². The molecule has 6 nitrogen and oxygen atoms in total. The predicted molar refractivity (Wildman–Crippen MR) is 135 cm³/mol. The minimum Gasteiger partial charge on any atom is -0.272 e. The maximum Gasteiger partial charge on any atom is 0.250 e. The van der Waals surface area contributed by atoms with E-state index >= 15 is 0 Å². The Morgan fingerprint density at radius 2 is 1.73 bits per heavy atom. The first-order valence-corrected chi connectivity index (χ1v) is 11.8. The fraction of sp³-hybridized carbons (Fsp3) is 0.0435. The lowest BCUT2D eigenvalue weighted by Gasteiger charge is -2.10. The van der Waals surface area contributed by atoms with Crippen molar-refractivity contribution in [2.45, 2.75) is 5.16 Å². The number of thioether (sulfide) groups is 1. The Kier molecular flexibility index (Phi) is 7.67. The van der Waals surface area contributed by atoms with E-state index < -0.39 is 0 Å². The summed E-state index contributed by atoms with van der Waals surface area (Å²) in [6.07, 6.45) is 1.45. The molecule has 0 aliphatic carbocycles. The Hall–Kier alpha value is -2.84. The molecule has 0 saturated heterocycles. The van der Waals surface area contributed by atoms with Crippen LogP contribution in [0.15, 0.2) is 83.1 Å². The van der Waals surface area contributed by atoms with Gasteiger partial charge >= 0.3 is 0 Å². The third-order valence-electron chi connectivity index (χ3n) is 4.46. The fourth-order valence-electron chi connectivity index (χ4n) is 2.92. The zero-order chi connectivity index (χ0) is 23.2. The van der Waals surface area contributed by atoms with Crippen molar-refractivity contribution in [2.75, 3.05) is 5.75 Å². The highest BCUT2D eigenvalue weighted by atomic mass is 35.5. The van der Waals surface area contributed by atoms with Crippen LogP contribution in [0.5, 0.6) is 0 Å². The van der Waals surface area contributed by atoms with Crippen LogP contribution in [0.1, 0.15) is 5.56 Å². The molecule has 33 heavy (non-hydrogen) atoms. The summed E-state index contributed by atoms with van der Waals surface area (Å²) in [5.41, 5.74) is 4.83. The van der Waals surface area contributed by atoms with Crippen LogP contribution in [0.3, 0.4) is 0 Å². The molecule has 0 aliphatic rings. The maximum absolute atomic E-state index is 12.3. The van der Waals surface area contributed by atoms with E-state index in [9.17, 15) is 4.79 Å². The Balaban J connectivity index is 1.50. The molecule has 3 aromatic carbocycles. The largest absolute Gasteiger partial charge is 0.272 e. The molecule has 0 saturated carbocycles. The highest BCUT2D eigenvalue weighted by Gasteiger charge is 2.17. The van der Waals surface area contributed by atoms with Crippen molar-refractivity contribution in [1.82, 2.24) is 20.2 Å². The second-order valence-electron chi connectivity index (χ2n) is 6.71. The van der Waals surface area contributed by atoms with E-state index in [1.165, 1.54) is 18.0 Å². The van der Waals surface area contributed by atoms with Gasteiger partial charge in [0, 0.05) is 21.8 Å². The Morgan fingerprint density at radius 3 is 2.48 bits per heavy atom. The van der Waals surface area contributed by atoms with Gasteiger partial charge in [-0.3, -0.25) is 9.36 Å². The quantitative estimate of drug-likeness (QED) is 0.182. The third-order valence-corrected chi connectivity index (χ3v) is 6.47. The molecule has 1 aromatic heterocycles. The highest BCUT2D eigenvalue weighted by Crippen LogP contribution is 2.28. The Morgan fingerprint density at radius 1 is 0.970 bits per heavy atom. The molecule has 10 heteroatoms. The zero-order valence-electron chi connectivity index (χ0n) is 17.0. The van der Waals surface area contributed by atoms with Crippen molar-refractivity contribution in [1.29, 1.82) is 0 Å². The smallest absolute Gasteiger partial charge is 0.250 e. The first-order valence-electron chi connectivity index (χ1n) is 9.68. The Bertz CT molecular complexity index is 1290. The van der Waals surface area contributed by atoms with Crippen LogP contribution in [0.4, 0.5) is 0 Å². The predicted octanol–water partition coefficient (Wildman–Crippen LogP) is 6.14. The number of aromatic nitrogens is 3. The van der Waals surface area contributed by atoms with E-state index in [0.717, 1.165) is 11.3 Å². The monoisotopic (exact) mass is 515 g/mol. The number of benzene rings is 3. The molecule has 4 aromatic rings. The molecule has 0 fully saturated rings. The summed E-state index contributed by atoms with van der Waals surface area (Å²) in [5, 5.41) is 14.6. The first-order chi connectivity index (χ1) is 16.0. The van der Waals surface area contributed by atoms with Gasteiger partial charge in [0.1, 0.15) is 0 Å². The van der Waals surface area contributed by atoms with Crippen LogP contribution < -0.4 is 5.43 Å². The van der Waals surface area contributed by atoms with Gasteiger partial charge in [-0.05, 0) is 42.5 Å². The number of hydrogen-bond donors (Lipinski definition) is 1. The van der Waals surface area contributed by atoms with Crippen LogP contribution >= 0.6 is 46.6 Å². The van der Waals surface area contributed by atoms with Crippen molar-refractivity contribution in [3.63, 3.8) is 0 Å². The maximum atomic E-state index is 12.3. The SMILES string of the molecule is O=C(CSc1nnc(-c2ccc(Cl)cc2)n1-c1ccccc1)NN=Cc1cccc(Cl)c1Cl. The lowest BCUT2D eigenvalue weighted by Crippen LogP contribution is -2.20. The van der Waals surface area contributed by atoms with E-state index in [2.05, 4.69) is 20.7 Å². The topological polar surface area (TPSA) is 72.2 Å². The second-order valence-corrected chi connectivity index (χ2v) is 8.87. The summed E-state index contributed by atoms with van der Waals surface area (Å²) >= 11 is 19.4. The second kappa shape index (κ2) is 10.9. The molecule has 0 bridgehead atoms. The van der Waals surface area contributed by atoms with Gasteiger partial charge in [-0.25, -0.2) is 5.43 Å². The van der Waals surface area contributed by atoms with E-state index in [0.29, 0.717) is 31.6 Å². The molecule has 1 N–H and O–H groups in total. The normalized spacial score (nSPS) is 11.1. The number of hydrogen-bond acceptors (Lipinski definition) is 5. The van der Waals surface area contributed by atoms with E-state index in [1.54, 1.807) is 30.3 Å². The molecule has 0 unspecified atom stereocenters. The zero-order valence-corrected chi connectivity index (χ0v) is 20.0. The first kappa shape index (κ1) is 23.3. The van der Waals surface area contributed by atoms with Crippen LogP contribution in [-0.4, -0.2) is 32.6 Å². The lowest BCUT2D eigenvalue weighted by atomic mass is 10.2. The lowest BCUT2D eigenvalue weighted by molar-refractivity contribution is -0.118. The Labute approximate surface area is 209 Å². The number of para-hydroxylation sites is 1. The van der Waals surface area contributed by atoms with Crippen molar-refractivity contribution in [3.05, 3.63) is 93.4 Å². The van der Waals surface area contributed by atoms with E-state index in [4.69, 9.17) is 34.8 Å². The van der Waals surface area contributed by atoms with Gasteiger partial charge in [-0.1, -0.05) is 76.9 Å². The standard InChI is InChI=1S/C23H16Cl3N5OS/c24-17-11-9-15(10-12-17)22-29-30-23(31(22)18-6-2-1-3-7-18)33-14-20(32)28-27-13-16-5-4-8-19(25)21(16)26/h1-13H,14H2,(H,28,32). The molecule has 4 rings (SSSR count). The van der Waals surface area contributed by atoms with Crippen LogP contribution in [-0.2, 0) is 4.79 Å². The summed E-state index contributed by atoms with van der Waals surface area (Å²) in [6, 6.07) is 22.2. The van der Waals surface area contributed by atoms with Crippen molar-refractivity contribution in [3.8, 4) is 17.1 Å². The van der Waals surface area contributed by atoms with Gasteiger partial charge in [0.2, 0.25) is 0 Å². The molecule has 166 valence electrons. The fourth-order valence-corrected chi connectivity index (χ4v) is 4.14. The average molecular weight is 517 g/mol. The summed E-state index contributed by atoms with van der Waals surface area (Å²) in [6.45, 7) is 0. The number of halogens is 3. The molecule has 0 radical (unpaired) electrons. The molecular formula is C23H16Cl3N5OS. The van der Waals surface area contributed by atoms with Gasteiger partial charge in [0.05, 0.1) is 22.0 Å². The summed E-state index contributed by atoms with van der Waals surface area (Å²) < 4.78 is 1.90. The number of carbonyl (C=O) groups excluding carboxylic acids is 1. The highest BCUT2D eigenvalue weighted by molar-refractivity contribution is 7.99. The van der Waals surface area contributed by atoms with Gasteiger partial charge < -0.3 is 0 Å². The van der Waals surface area contributed by atoms with Crippen LogP contribution in [0.25, 0.3) is 17.1 Å². The van der Waals surface area contributed by atoms with Gasteiger partial charge in [0.15, 0.2) is 11.0 Å². The molecule has 0 spiro atoms. The van der Waals surface area contributed by atoms with Crippen LogP contribution in [0, 0.1) is 0 Å². The molecule has 0 atom stereocenters. The minimum atomic E-state index is -0.301. The van der Waals surface area contributed by atoms with Gasteiger partial charge in [0.25, 0.3) is 5.91 Å². The van der Waals surface area contributed by atoms with E-state index in [-0.39, 0.29) is 11.7 Å². The van der Waals surface area contributed by atoms with Crippen LogP contribution in [0.2, 0.25) is 15.1 Å². The molecule has 1 heterocycles.